The zero-order chi connectivity index (χ0) is 18.4. The van der Waals surface area contributed by atoms with E-state index in [1.807, 2.05) is 19.9 Å². The minimum Gasteiger partial charge on any atom is -0.485 e. The second-order valence-corrected chi connectivity index (χ2v) is 5.66. The summed E-state index contributed by atoms with van der Waals surface area (Å²) in [6.45, 7) is 5.11. The molecule has 1 aromatic heterocycles. The fourth-order valence-corrected chi connectivity index (χ4v) is 2.64. The van der Waals surface area contributed by atoms with Crippen LogP contribution in [0.4, 0.5) is 0 Å². The molecule has 0 unspecified atom stereocenters. The molecule has 0 atom stereocenters. The summed E-state index contributed by atoms with van der Waals surface area (Å²) < 4.78 is 17.3. The number of ketones is 1. The molecule has 0 amide bonds. The average Bonchev–Trinajstić information content (AvgIpc) is 2.91. The first kappa shape index (κ1) is 18.7. The summed E-state index contributed by atoms with van der Waals surface area (Å²) in [5, 5.41) is 0. The third kappa shape index (κ3) is 4.48. The Hall–Kier alpha value is -2.60. The van der Waals surface area contributed by atoms with Crippen LogP contribution in [0.2, 0.25) is 0 Å². The topological polar surface area (TPSA) is 66.8 Å². The summed E-state index contributed by atoms with van der Waals surface area (Å²) in [6, 6.07) is 8.35. The zero-order valence-corrected chi connectivity index (χ0v) is 15.0. The Labute approximate surface area is 147 Å². The summed E-state index contributed by atoms with van der Waals surface area (Å²) >= 11 is 0. The number of hydrogen-bond donors (Lipinski definition) is 0. The largest absolute Gasteiger partial charge is 0.485 e. The Morgan fingerprint density at radius 2 is 1.76 bits per heavy atom. The van der Waals surface area contributed by atoms with E-state index in [2.05, 4.69) is 9.30 Å². The predicted octanol–water partition coefficient (Wildman–Crippen LogP) is 2.80. The first-order valence-electron chi connectivity index (χ1n) is 7.98. The number of carbonyl (C=O) groups is 2. The van der Waals surface area contributed by atoms with Crippen molar-refractivity contribution < 1.29 is 23.8 Å². The number of esters is 1. The van der Waals surface area contributed by atoms with Gasteiger partial charge in [-0.1, -0.05) is 0 Å². The molecule has 0 saturated heterocycles. The van der Waals surface area contributed by atoms with Crippen molar-refractivity contribution in [3.05, 3.63) is 52.8 Å². The van der Waals surface area contributed by atoms with E-state index in [4.69, 9.17) is 9.47 Å². The van der Waals surface area contributed by atoms with Crippen LogP contribution in [-0.2, 0) is 16.0 Å². The van der Waals surface area contributed by atoms with E-state index in [-0.39, 0.29) is 12.4 Å². The number of benzene rings is 1. The van der Waals surface area contributed by atoms with Gasteiger partial charge in [-0.15, -0.1) is 0 Å². The number of carbonyl (C=O) groups excluding carboxylic acids is 2. The maximum absolute atomic E-state index is 12.5. The van der Waals surface area contributed by atoms with Gasteiger partial charge in [-0.05, 0) is 44.2 Å². The number of aryl methyl sites for hydroxylation is 1. The lowest BCUT2D eigenvalue weighted by atomic mass is 10.1. The first-order valence-corrected chi connectivity index (χ1v) is 7.98. The van der Waals surface area contributed by atoms with Crippen molar-refractivity contribution in [3.63, 3.8) is 0 Å². The predicted molar refractivity (Wildman–Crippen MR) is 93.4 cm³/mol. The Kier molecular flexibility index (Phi) is 6.36. The van der Waals surface area contributed by atoms with Crippen molar-refractivity contribution in [1.82, 2.24) is 4.57 Å². The lowest BCUT2D eigenvalue weighted by Crippen LogP contribution is -2.14. The summed E-state index contributed by atoms with van der Waals surface area (Å²) in [4.78, 5) is 23.9. The van der Waals surface area contributed by atoms with Crippen LogP contribution in [-0.4, -0.2) is 43.8 Å². The van der Waals surface area contributed by atoms with E-state index in [0.717, 1.165) is 11.4 Å². The Morgan fingerprint density at radius 1 is 1.08 bits per heavy atom. The normalized spacial score (nSPS) is 10.6. The second kappa shape index (κ2) is 8.48. The van der Waals surface area contributed by atoms with Gasteiger partial charge < -0.3 is 18.8 Å². The molecule has 2 rings (SSSR count). The average molecular weight is 345 g/mol. The van der Waals surface area contributed by atoms with Crippen LogP contribution in [0.25, 0.3) is 0 Å². The third-order valence-corrected chi connectivity index (χ3v) is 4.04. The summed E-state index contributed by atoms with van der Waals surface area (Å²) in [6.07, 6.45) is 0. The lowest BCUT2D eigenvalue weighted by molar-refractivity contribution is 0.0600. The van der Waals surface area contributed by atoms with Gasteiger partial charge in [0.15, 0.2) is 6.61 Å². The van der Waals surface area contributed by atoms with Crippen LogP contribution in [0.3, 0.4) is 0 Å². The zero-order valence-electron chi connectivity index (χ0n) is 15.0. The molecule has 0 aliphatic rings. The van der Waals surface area contributed by atoms with Crippen molar-refractivity contribution in [3.8, 4) is 5.75 Å². The maximum atomic E-state index is 12.5. The van der Waals surface area contributed by atoms with Crippen molar-refractivity contribution in [1.29, 1.82) is 0 Å². The van der Waals surface area contributed by atoms with Crippen LogP contribution in [0, 0.1) is 13.8 Å². The van der Waals surface area contributed by atoms with Crippen molar-refractivity contribution >= 4 is 11.8 Å². The highest BCUT2D eigenvalue weighted by Gasteiger charge is 2.16. The van der Waals surface area contributed by atoms with Gasteiger partial charge in [0, 0.05) is 30.6 Å². The summed E-state index contributed by atoms with van der Waals surface area (Å²) in [5.74, 6) is 0.0223. The Bertz CT molecular complexity index is 746. The van der Waals surface area contributed by atoms with E-state index >= 15 is 0 Å². The van der Waals surface area contributed by atoms with E-state index in [9.17, 15) is 9.59 Å². The molecule has 0 spiro atoms. The molecular weight excluding hydrogens is 322 g/mol. The minimum atomic E-state index is -0.411. The monoisotopic (exact) mass is 345 g/mol. The van der Waals surface area contributed by atoms with Gasteiger partial charge in [0.25, 0.3) is 0 Å². The smallest absolute Gasteiger partial charge is 0.337 e. The van der Waals surface area contributed by atoms with Crippen LogP contribution in [0.15, 0.2) is 30.3 Å². The third-order valence-electron chi connectivity index (χ3n) is 4.04. The molecule has 0 radical (unpaired) electrons. The standard InChI is InChI=1S/C19H23NO5/c1-13-11-17(14(2)20(13)9-10-23-3)18(21)12-25-16-7-5-15(6-8-16)19(22)24-4/h5-8,11H,9-10,12H2,1-4H3. The number of Topliss-reactive ketones (excluding diaryl/α,β-unsaturated/α-hetero) is 1. The van der Waals surface area contributed by atoms with E-state index in [1.54, 1.807) is 31.4 Å². The number of ether oxygens (including phenoxy) is 3. The summed E-state index contributed by atoms with van der Waals surface area (Å²) in [5.41, 5.74) is 3.01. The van der Waals surface area contributed by atoms with E-state index in [1.165, 1.54) is 7.11 Å². The number of hydrogen-bond acceptors (Lipinski definition) is 5. The van der Waals surface area contributed by atoms with Gasteiger partial charge in [0.1, 0.15) is 5.75 Å². The molecule has 1 heterocycles. The number of methoxy groups -OCH3 is 2. The number of rotatable bonds is 8. The molecule has 0 aliphatic carbocycles. The first-order chi connectivity index (χ1) is 12.0. The highest BCUT2D eigenvalue weighted by atomic mass is 16.5. The van der Waals surface area contributed by atoms with Crippen LogP contribution in [0.1, 0.15) is 32.1 Å². The molecular formula is C19H23NO5. The van der Waals surface area contributed by atoms with Gasteiger partial charge in [-0.3, -0.25) is 4.79 Å². The second-order valence-electron chi connectivity index (χ2n) is 5.66. The van der Waals surface area contributed by atoms with Gasteiger partial charge in [0.2, 0.25) is 5.78 Å². The molecule has 6 heteroatoms. The number of nitrogens with zero attached hydrogens (tertiary/aromatic N) is 1. The highest BCUT2D eigenvalue weighted by Crippen LogP contribution is 2.17. The Morgan fingerprint density at radius 3 is 2.36 bits per heavy atom. The van der Waals surface area contributed by atoms with Crippen LogP contribution in [0.5, 0.6) is 5.75 Å². The minimum absolute atomic E-state index is 0.0634. The maximum Gasteiger partial charge on any atom is 0.337 e. The number of aromatic nitrogens is 1. The molecule has 0 saturated carbocycles. The molecule has 0 fully saturated rings. The van der Waals surface area contributed by atoms with Gasteiger partial charge >= 0.3 is 5.97 Å². The van der Waals surface area contributed by atoms with E-state index < -0.39 is 5.97 Å². The molecule has 1 aromatic carbocycles. The van der Waals surface area contributed by atoms with Gasteiger partial charge in [-0.25, -0.2) is 4.79 Å². The van der Waals surface area contributed by atoms with Crippen molar-refractivity contribution in [2.24, 2.45) is 0 Å². The van der Waals surface area contributed by atoms with E-state index in [0.29, 0.717) is 30.0 Å². The molecule has 0 N–H and O–H groups in total. The highest BCUT2D eigenvalue weighted by molar-refractivity contribution is 5.98. The molecule has 134 valence electrons. The summed E-state index contributed by atoms with van der Waals surface area (Å²) in [7, 11) is 2.98. The Balaban J connectivity index is 2.02. The van der Waals surface area contributed by atoms with Gasteiger partial charge in [-0.2, -0.15) is 0 Å². The molecule has 0 bridgehead atoms. The fraction of sp³-hybridized carbons (Fsp3) is 0.368. The molecule has 2 aromatic rings. The molecule has 0 aliphatic heterocycles. The lowest BCUT2D eigenvalue weighted by Gasteiger charge is -2.09. The SMILES string of the molecule is COCCn1c(C)cc(C(=O)COc2ccc(C(=O)OC)cc2)c1C. The van der Waals surface area contributed by atoms with Crippen LogP contribution < -0.4 is 4.74 Å². The molecule has 25 heavy (non-hydrogen) atoms. The van der Waals surface area contributed by atoms with Crippen molar-refractivity contribution in [2.75, 3.05) is 27.4 Å². The van der Waals surface area contributed by atoms with Gasteiger partial charge in [0.05, 0.1) is 19.3 Å². The quantitative estimate of drug-likeness (QED) is 0.544. The van der Waals surface area contributed by atoms with Crippen molar-refractivity contribution in [2.45, 2.75) is 20.4 Å². The molecule has 6 nitrogen and oxygen atoms in total. The fourth-order valence-electron chi connectivity index (χ4n) is 2.64. The van der Waals surface area contributed by atoms with Crippen LogP contribution >= 0.6 is 0 Å².